The van der Waals surface area contributed by atoms with Gasteiger partial charge in [0.2, 0.25) is 0 Å². The Bertz CT molecular complexity index is 615. The average molecular weight is 329 g/mol. The van der Waals surface area contributed by atoms with Gasteiger partial charge >= 0.3 is 0 Å². The van der Waals surface area contributed by atoms with Crippen LogP contribution < -0.4 is 0 Å². The van der Waals surface area contributed by atoms with E-state index in [1.54, 1.807) is 0 Å². The van der Waals surface area contributed by atoms with Crippen LogP contribution in [0.2, 0.25) is 0 Å². The van der Waals surface area contributed by atoms with Crippen molar-refractivity contribution in [2.24, 2.45) is 0 Å². The predicted molar refractivity (Wildman–Crippen MR) is 92.4 cm³/mol. The van der Waals surface area contributed by atoms with Gasteiger partial charge in [-0.1, -0.05) is 43.7 Å². The molecule has 1 fully saturated rings. The minimum Gasteiger partial charge on any atom is -0.395 e. The summed E-state index contributed by atoms with van der Waals surface area (Å²) in [5, 5.41) is 22.1. The summed E-state index contributed by atoms with van der Waals surface area (Å²) in [4.78, 5) is 2.39. The number of aliphatic hydroxyl groups is 1. The van der Waals surface area contributed by atoms with E-state index < -0.39 is 0 Å². The van der Waals surface area contributed by atoms with E-state index in [0.29, 0.717) is 0 Å². The van der Waals surface area contributed by atoms with Crippen LogP contribution in [-0.4, -0.2) is 49.4 Å². The number of aromatic nitrogens is 4. The Morgan fingerprint density at radius 2 is 2.00 bits per heavy atom. The van der Waals surface area contributed by atoms with Crippen LogP contribution in [0.1, 0.15) is 50.0 Å². The minimum atomic E-state index is 0.196. The second kappa shape index (κ2) is 8.35. The molecule has 1 aromatic carbocycles. The zero-order valence-electron chi connectivity index (χ0n) is 14.4. The van der Waals surface area contributed by atoms with E-state index in [2.05, 4.69) is 51.6 Å². The Morgan fingerprint density at radius 1 is 1.17 bits per heavy atom. The monoisotopic (exact) mass is 329 g/mol. The molecule has 0 saturated carbocycles. The maximum atomic E-state index is 9.76. The maximum Gasteiger partial charge on any atom is 0.168 e. The fraction of sp³-hybridized carbons (Fsp3) is 0.611. The number of unbranched alkanes of at least 4 members (excludes halogenated alkanes) is 1. The topological polar surface area (TPSA) is 67.1 Å². The molecule has 6 nitrogen and oxygen atoms in total. The third-order valence-corrected chi connectivity index (χ3v) is 4.94. The van der Waals surface area contributed by atoms with Crippen molar-refractivity contribution < 1.29 is 5.11 Å². The van der Waals surface area contributed by atoms with Gasteiger partial charge in [0, 0.05) is 19.1 Å². The predicted octanol–water partition coefficient (Wildman–Crippen LogP) is 2.21. The van der Waals surface area contributed by atoms with Crippen molar-refractivity contribution in [3.8, 4) is 0 Å². The first-order valence-corrected chi connectivity index (χ1v) is 9.00. The van der Waals surface area contributed by atoms with E-state index in [-0.39, 0.29) is 18.7 Å². The Labute approximate surface area is 143 Å². The average Bonchev–Trinajstić information content (AvgIpc) is 3.24. The number of aliphatic hydroxyl groups excluding tert-OH is 1. The fourth-order valence-corrected chi connectivity index (χ4v) is 3.57. The molecule has 0 bridgehead atoms. The quantitative estimate of drug-likeness (QED) is 0.804. The lowest BCUT2D eigenvalue weighted by Crippen LogP contribution is -2.36. The summed E-state index contributed by atoms with van der Waals surface area (Å²) in [6.07, 6.45) is 5.19. The smallest absolute Gasteiger partial charge is 0.168 e. The molecule has 0 radical (unpaired) electrons. The summed E-state index contributed by atoms with van der Waals surface area (Å²) in [7, 11) is 0. The summed E-state index contributed by atoms with van der Waals surface area (Å²) in [6, 6.07) is 10.9. The first-order valence-electron chi connectivity index (χ1n) is 9.00. The lowest BCUT2D eigenvalue weighted by Gasteiger charge is -2.28. The highest BCUT2D eigenvalue weighted by Gasteiger charge is 2.36. The SMILES string of the molecule is CCCCn1nnnc1[C@@H]1CC[C@@H](CO)N1CCc1ccccc1. The number of nitrogens with zero attached hydrogens (tertiary/aromatic N) is 5. The zero-order valence-corrected chi connectivity index (χ0v) is 14.4. The van der Waals surface area contributed by atoms with Crippen LogP contribution in [-0.2, 0) is 13.0 Å². The molecule has 1 aliphatic rings. The summed E-state index contributed by atoms with van der Waals surface area (Å²) >= 11 is 0. The minimum absolute atomic E-state index is 0.196. The summed E-state index contributed by atoms with van der Waals surface area (Å²) in [5.41, 5.74) is 1.32. The van der Waals surface area contributed by atoms with Gasteiger partial charge in [-0.2, -0.15) is 0 Å². The van der Waals surface area contributed by atoms with Crippen LogP contribution in [0.5, 0.6) is 0 Å². The molecule has 2 heterocycles. The first kappa shape index (κ1) is 17.0. The van der Waals surface area contributed by atoms with E-state index in [1.165, 1.54) is 5.56 Å². The van der Waals surface area contributed by atoms with Crippen molar-refractivity contribution >= 4 is 0 Å². The van der Waals surface area contributed by atoms with Crippen LogP contribution in [0.3, 0.4) is 0 Å². The molecule has 1 N–H and O–H groups in total. The number of rotatable bonds is 8. The molecule has 0 aliphatic carbocycles. The maximum absolute atomic E-state index is 9.76. The molecular weight excluding hydrogens is 302 g/mol. The molecule has 2 atom stereocenters. The van der Waals surface area contributed by atoms with E-state index in [9.17, 15) is 5.11 Å². The molecule has 1 saturated heterocycles. The van der Waals surface area contributed by atoms with Crippen LogP contribution in [0, 0.1) is 0 Å². The van der Waals surface area contributed by atoms with Crippen molar-refractivity contribution in [1.82, 2.24) is 25.1 Å². The summed E-state index contributed by atoms with van der Waals surface area (Å²) in [5.74, 6) is 0.951. The number of hydrogen-bond acceptors (Lipinski definition) is 5. The van der Waals surface area contributed by atoms with Crippen molar-refractivity contribution in [2.45, 2.75) is 57.7 Å². The van der Waals surface area contributed by atoms with Gasteiger partial charge in [-0.05, 0) is 41.7 Å². The van der Waals surface area contributed by atoms with E-state index in [4.69, 9.17) is 0 Å². The van der Waals surface area contributed by atoms with Crippen molar-refractivity contribution in [3.05, 3.63) is 41.7 Å². The van der Waals surface area contributed by atoms with E-state index in [1.807, 2.05) is 10.7 Å². The molecule has 3 rings (SSSR count). The standard InChI is InChI=1S/C18H27N5O/c1-2-3-12-23-18(19-20-21-23)17-10-9-16(14-24)22(17)13-11-15-7-5-4-6-8-15/h4-8,16-17,24H,2-3,9-14H2,1H3/t16-,17-/m0/s1. The van der Waals surface area contributed by atoms with E-state index in [0.717, 1.165) is 51.0 Å². The van der Waals surface area contributed by atoms with Gasteiger partial charge in [0.25, 0.3) is 0 Å². The van der Waals surface area contributed by atoms with E-state index >= 15 is 0 Å². The van der Waals surface area contributed by atoms with Gasteiger partial charge in [-0.15, -0.1) is 5.10 Å². The highest BCUT2D eigenvalue weighted by molar-refractivity contribution is 5.15. The van der Waals surface area contributed by atoms with Crippen molar-refractivity contribution in [1.29, 1.82) is 0 Å². The molecule has 6 heteroatoms. The van der Waals surface area contributed by atoms with Gasteiger partial charge < -0.3 is 5.11 Å². The molecule has 2 aromatic rings. The third-order valence-electron chi connectivity index (χ3n) is 4.94. The molecule has 1 aliphatic heterocycles. The summed E-state index contributed by atoms with van der Waals surface area (Å²) in [6.45, 7) is 4.15. The number of benzene rings is 1. The lowest BCUT2D eigenvalue weighted by molar-refractivity contribution is 0.125. The van der Waals surface area contributed by atoms with Crippen LogP contribution in [0.15, 0.2) is 30.3 Å². The highest BCUT2D eigenvalue weighted by Crippen LogP contribution is 2.34. The molecule has 130 valence electrons. The number of tetrazole rings is 1. The molecule has 0 amide bonds. The molecule has 0 unspecified atom stereocenters. The summed E-state index contributed by atoms with van der Waals surface area (Å²) < 4.78 is 1.95. The molecule has 0 spiro atoms. The van der Waals surface area contributed by atoms with Gasteiger partial charge in [0.15, 0.2) is 5.82 Å². The van der Waals surface area contributed by atoms with Crippen molar-refractivity contribution in [2.75, 3.05) is 13.2 Å². The largest absolute Gasteiger partial charge is 0.395 e. The van der Waals surface area contributed by atoms with Crippen LogP contribution in [0.25, 0.3) is 0 Å². The van der Waals surface area contributed by atoms with Crippen molar-refractivity contribution in [3.63, 3.8) is 0 Å². The Hall–Kier alpha value is -1.79. The third kappa shape index (κ3) is 3.82. The first-order chi connectivity index (χ1) is 11.8. The Kier molecular flexibility index (Phi) is 5.93. The zero-order chi connectivity index (χ0) is 16.8. The molecule has 24 heavy (non-hydrogen) atoms. The highest BCUT2D eigenvalue weighted by atomic mass is 16.3. The molecule has 1 aromatic heterocycles. The molecular formula is C18H27N5O. The van der Waals surface area contributed by atoms with Gasteiger partial charge in [0.05, 0.1) is 12.6 Å². The number of hydrogen-bond donors (Lipinski definition) is 1. The van der Waals surface area contributed by atoms with Crippen LogP contribution in [0.4, 0.5) is 0 Å². The van der Waals surface area contributed by atoms with Gasteiger partial charge in [0.1, 0.15) is 0 Å². The second-order valence-electron chi connectivity index (χ2n) is 6.52. The second-order valence-corrected chi connectivity index (χ2v) is 6.52. The Balaban J connectivity index is 1.72. The van der Waals surface area contributed by atoms with Gasteiger partial charge in [-0.3, -0.25) is 4.90 Å². The fourth-order valence-electron chi connectivity index (χ4n) is 3.57. The Morgan fingerprint density at radius 3 is 2.75 bits per heavy atom. The normalized spacial score (nSPS) is 21.4. The number of likely N-dealkylation sites (tertiary alicyclic amines) is 1. The lowest BCUT2D eigenvalue weighted by atomic mass is 10.1. The van der Waals surface area contributed by atoms with Gasteiger partial charge in [-0.25, -0.2) is 4.68 Å². The van der Waals surface area contributed by atoms with Crippen LogP contribution >= 0.6 is 0 Å². The number of aryl methyl sites for hydroxylation is 1.